The summed E-state index contributed by atoms with van der Waals surface area (Å²) in [7, 11) is -0.288. The summed E-state index contributed by atoms with van der Waals surface area (Å²) >= 11 is 5.90. The third-order valence-corrected chi connectivity index (χ3v) is 6.10. The third kappa shape index (κ3) is 3.10. The number of benzene rings is 1. The van der Waals surface area contributed by atoms with E-state index in [9.17, 15) is 8.42 Å². The van der Waals surface area contributed by atoms with Gasteiger partial charge in [0, 0.05) is 33.1 Å². The van der Waals surface area contributed by atoms with Gasteiger partial charge in [-0.25, -0.2) is 12.7 Å². The maximum atomic E-state index is 12.4. The molecule has 1 aliphatic rings. The highest BCUT2D eigenvalue weighted by Crippen LogP contribution is 2.30. The standard InChI is InChI=1S/C14H21ClN2O2S/c1-16(2)20(18,19)14-6-4-3-5-13(14)17-9-7-12(11-15)8-10-17/h3-6,12H,7-11H2,1-2H3. The van der Waals surface area contributed by atoms with Crippen LogP contribution in [0.2, 0.25) is 0 Å². The molecule has 0 spiro atoms. The molecule has 0 bridgehead atoms. The van der Waals surface area contributed by atoms with E-state index in [0.717, 1.165) is 31.6 Å². The fourth-order valence-corrected chi connectivity index (χ4v) is 3.88. The van der Waals surface area contributed by atoms with Crippen LogP contribution in [0.3, 0.4) is 0 Å². The van der Waals surface area contributed by atoms with E-state index in [1.54, 1.807) is 26.2 Å². The number of halogens is 1. The number of sulfonamides is 1. The average Bonchev–Trinajstić information content (AvgIpc) is 2.47. The van der Waals surface area contributed by atoms with Gasteiger partial charge in [-0.2, -0.15) is 0 Å². The van der Waals surface area contributed by atoms with Crippen molar-refractivity contribution in [3.8, 4) is 0 Å². The lowest BCUT2D eigenvalue weighted by Gasteiger charge is -2.34. The number of piperidine rings is 1. The third-order valence-electron chi connectivity index (χ3n) is 3.80. The first-order valence-corrected chi connectivity index (χ1v) is 8.76. The summed E-state index contributed by atoms with van der Waals surface area (Å²) in [6.07, 6.45) is 2.03. The molecule has 1 aliphatic heterocycles. The smallest absolute Gasteiger partial charge is 0.244 e. The predicted octanol–water partition coefficient (Wildman–Crippen LogP) is 2.39. The lowest BCUT2D eigenvalue weighted by molar-refractivity contribution is 0.441. The molecule has 1 aromatic rings. The second kappa shape index (κ2) is 6.33. The molecule has 0 radical (unpaired) electrons. The monoisotopic (exact) mass is 316 g/mol. The summed E-state index contributed by atoms with van der Waals surface area (Å²) in [5.74, 6) is 1.23. The quantitative estimate of drug-likeness (QED) is 0.801. The van der Waals surface area contributed by atoms with Crippen LogP contribution in [0.25, 0.3) is 0 Å². The van der Waals surface area contributed by atoms with Gasteiger partial charge >= 0.3 is 0 Å². The molecular weight excluding hydrogens is 296 g/mol. The molecule has 4 nitrogen and oxygen atoms in total. The summed E-state index contributed by atoms with van der Waals surface area (Å²) in [6.45, 7) is 1.72. The van der Waals surface area contributed by atoms with Gasteiger partial charge in [-0.3, -0.25) is 0 Å². The van der Waals surface area contributed by atoms with Crippen LogP contribution in [0.1, 0.15) is 12.8 Å². The molecule has 1 fully saturated rings. The van der Waals surface area contributed by atoms with E-state index in [1.165, 1.54) is 4.31 Å². The van der Waals surface area contributed by atoms with Crippen LogP contribution < -0.4 is 4.90 Å². The minimum absolute atomic E-state index is 0.384. The summed E-state index contributed by atoms with van der Waals surface area (Å²) in [5, 5.41) is 0. The van der Waals surface area contributed by atoms with Gasteiger partial charge in [0.05, 0.1) is 5.69 Å². The van der Waals surface area contributed by atoms with Crippen LogP contribution in [0.15, 0.2) is 29.2 Å². The molecular formula is C14H21ClN2O2S. The largest absolute Gasteiger partial charge is 0.370 e. The second-order valence-corrected chi connectivity index (χ2v) is 7.77. The van der Waals surface area contributed by atoms with Crippen LogP contribution in [0.4, 0.5) is 5.69 Å². The lowest BCUT2D eigenvalue weighted by atomic mass is 9.98. The first-order chi connectivity index (χ1) is 9.46. The van der Waals surface area contributed by atoms with Crippen molar-refractivity contribution in [3.63, 3.8) is 0 Å². The summed E-state index contributed by atoms with van der Waals surface area (Å²) in [5.41, 5.74) is 0.800. The zero-order valence-corrected chi connectivity index (χ0v) is 13.5. The minimum Gasteiger partial charge on any atom is -0.370 e. The summed E-state index contributed by atoms with van der Waals surface area (Å²) in [4.78, 5) is 2.54. The molecule has 1 heterocycles. The summed E-state index contributed by atoms with van der Waals surface area (Å²) < 4.78 is 26.0. The predicted molar refractivity (Wildman–Crippen MR) is 83.0 cm³/mol. The van der Waals surface area contributed by atoms with Crippen LogP contribution in [0.5, 0.6) is 0 Å². The Bertz CT molecular complexity index is 552. The Kier molecular flexibility index (Phi) is 4.94. The van der Waals surface area contributed by atoms with E-state index >= 15 is 0 Å². The van der Waals surface area contributed by atoms with Gasteiger partial charge in [0.15, 0.2) is 0 Å². The number of anilines is 1. The molecule has 1 saturated heterocycles. The molecule has 0 unspecified atom stereocenters. The van der Waals surface area contributed by atoms with Gasteiger partial charge < -0.3 is 4.90 Å². The molecule has 0 N–H and O–H groups in total. The molecule has 6 heteroatoms. The number of nitrogens with zero attached hydrogens (tertiary/aromatic N) is 2. The number of hydrogen-bond donors (Lipinski definition) is 0. The van der Waals surface area contributed by atoms with E-state index in [4.69, 9.17) is 11.6 Å². The van der Waals surface area contributed by atoms with Gasteiger partial charge in [-0.15, -0.1) is 11.6 Å². The summed E-state index contributed by atoms with van der Waals surface area (Å²) in [6, 6.07) is 7.22. The van der Waals surface area contributed by atoms with Crippen molar-refractivity contribution < 1.29 is 8.42 Å². The van der Waals surface area contributed by atoms with Crippen molar-refractivity contribution in [2.45, 2.75) is 17.7 Å². The Morgan fingerprint density at radius 1 is 1.25 bits per heavy atom. The molecule has 0 amide bonds. The van der Waals surface area contributed by atoms with E-state index in [0.29, 0.717) is 16.7 Å². The molecule has 1 aromatic carbocycles. The normalized spacial score (nSPS) is 17.7. The zero-order chi connectivity index (χ0) is 14.8. The van der Waals surface area contributed by atoms with E-state index in [-0.39, 0.29) is 0 Å². The number of para-hydroxylation sites is 1. The highest BCUT2D eigenvalue weighted by molar-refractivity contribution is 7.89. The molecule has 20 heavy (non-hydrogen) atoms. The van der Waals surface area contributed by atoms with Crippen molar-refractivity contribution in [2.75, 3.05) is 38.0 Å². The maximum Gasteiger partial charge on any atom is 0.244 e. The highest BCUT2D eigenvalue weighted by atomic mass is 35.5. The molecule has 0 saturated carbocycles. The molecule has 0 atom stereocenters. The Morgan fingerprint density at radius 2 is 1.85 bits per heavy atom. The van der Waals surface area contributed by atoms with Gasteiger partial charge in [0.2, 0.25) is 10.0 Å². The van der Waals surface area contributed by atoms with Gasteiger partial charge in [-0.05, 0) is 30.9 Å². The van der Waals surface area contributed by atoms with Crippen LogP contribution >= 0.6 is 11.6 Å². The Morgan fingerprint density at radius 3 is 2.40 bits per heavy atom. The number of alkyl halides is 1. The molecule has 0 aromatic heterocycles. The number of hydrogen-bond acceptors (Lipinski definition) is 3. The Balaban J connectivity index is 2.30. The second-order valence-electron chi connectivity index (χ2n) is 5.34. The van der Waals surface area contributed by atoms with Gasteiger partial charge in [0.1, 0.15) is 4.90 Å². The van der Waals surface area contributed by atoms with Crippen molar-refractivity contribution >= 4 is 27.3 Å². The SMILES string of the molecule is CN(C)S(=O)(=O)c1ccccc1N1CCC(CCl)CC1. The molecule has 2 rings (SSSR count). The number of rotatable bonds is 4. The average molecular weight is 317 g/mol. The fraction of sp³-hybridized carbons (Fsp3) is 0.571. The molecule has 0 aliphatic carbocycles. The van der Waals surface area contributed by atoms with E-state index in [1.807, 2.05) is 12.1 Å². The van der Waals surface area contributed by atoms with Crippen molar-refractivity contribution in [1.29, 1.82) is 0 Å². The van der Waals surface area contributed by atoms with Crippen molar-refractivity contribution in [3.05, 3.63) is 24.3 Å². The van der Waals surface area contributed by atoms with Crippen LogP contribution in [-0.4, -0.2) is 45.8 Å². The van der Waals surface area contributed by atoms with E-state index in [2.05, 4.69) is 4.90 Å². The Hall–Kier alpha value is -0.780. The van der Waals surface area contributed by atoms with Gasteiger partial charge in [0.25, 0.3) is 0 Å². The fourth-order valence-electron chi connectivity index (χ4n) is 2.46. The zero-order valence-electron chi connectivity index (χ0n) is 11.9. The Labute approximate surface area is 126 Å². The van der Waals surface area contributed by atoms with Crippen LogP contribution in [-0.2, 0) is 10.0 Å². The van der Waals surface area contributed by atoms with Gasteiger partial charge in [-0.1, -0.05) is 12.1 Å². The first-order valence-electron chi connectivity index (χ1n) is 6.79. The van der Waals surface area contributed by atoms with Crippen molar-refractivity contribution in [1.82, 2.24) is 4.31 Å². The highest BCUT2D eigenvalue weighted by Gasteiger charge is 2.26. The maximum absolute atomic E-state index is 12.4. The van der Waals surface area contributed by atoms with Crippen LogP contribution in [0, 0.1) is 5.92 Å². The lowest BCUT2D eigenvalue weighted by Crippen LogP contribution is -2.35. The topological polar surface area (TPSA) is 40.6 Å². The van der Waals surface area contributed by atoms with Crippen molar-refractivity contribution in [2.24, 2.45) is 5.92 Å². The minimum atomic E-state index is -3.41. The first kappa shape index (κ1) is 15.6. The molecule has 112 valence electrons. The van der Waals surface area contributed by atoms with E-state index < -0.39 is 10.0 Å².